The van der Waals surface area contributed by atoms with Crippen LogP contribution >= 0.6 is 15.9 Å². The van der Waals surface area contributed by atoms with Gasteiger partial charge in [-0.25, -0.2) is 0 Å². The highest BCUT2D eigenvalue weighted by atomic mass is 79.9. The molecule has 2 heteroatoms. The van der Waals surface area contributed by atoms with E-state index >= 15 is 0 Å². The van der Waals surface area contributed by atoms with Gasteiger partial charge in [-0.3, -0.25) is 0 Å². The molecule has 1 unspecified atom stereocenters. The van der Waals surface area contributed by atoms with Gasteiger partial charge in [0.25, 0.3) is 0 Å². The number of alkyl halides is 1. The average molecular weight is 309 g/mol. The third-order valence-corrected chi connectivity index (χ3v) is 5.65. The zero-order valence-corrected chi connectivity index (χ0v) is 12.4. The smallest absolute Gasteiger partial charge is 0.0469 e. The number of halogens is 1. The second-order valence-electron chi connectivity index (χ2n) is 5.59. The van der Waals surface area contributed by atoms with E-state index in [9.17, 15) is 0 Å². The van der Waals surface area contributed by atoms with Gasteiger partial charge in [-0.1, -0.05) is 34.1 Å². The van der Waals surface area contributed by atoms with Crippen molar-refractivity contribution in [3.8, 4) is 0 Å². The van der Waals surface area contributed by atoms with Crippen LogP contribution in [0.3, 0.4) is 0 Å². The minimum absolute atomic E-state index is 0.508. The van der Waals surface area contributed by atoms with Gasteiger partial charge in [-0.05, 0) is 61.1 Å². The lowest BCUT2D eigenvalue weighted by Gasteiger charge is -2.27. The van der Waals surface area contributed by atoms with E-state index in [1.807, 2.05) is 0 Å². The molecule has 1 aliphatic heterocycles. The quantitative estimate of drug-likeness (QED) is 0.735. The Hall–Kier alpha value is -0.340. The largest absolute Gasteiger partial charge is 0.381 e. The van der Waals surface area contributed by atoms with Crippen LogP contribution in [0, 0.1) is 5.92 Å². The lowest BCUT2D eigenvalue weighted by molar-refractivity contribution is 0.0662. The second kappa shape index (κ2) is 5.75. The van der Waals surface area contributed by atoms with Crippen molar-refractivity contribution in [3.05, 3.63) is 34.9 Å². The first-order chi connectivity index (χ1) is 8.84. The van der Waals surface area contributed by atoms with Gasteiger partial charge < -0.3 is 4.74 Å². The predicted molar refractivity (Wildman–Crippen MR) is 78.3 cm³/mol. The van der Waals surface area contributed by atoms with E-state index < -0.39 is 0 Å². The molecule has 0 spiro atoms. The number of benzene rings is 1. The highest BCUT2D eigenvalue weighted by molar-refractivity contribution is 9.09. The third kappa shape index (κ3) is 2.65. The summed E-state index contributed by atoms with van der Waals surface area (Å²) in [5, 5.41) is 0. The summed E-state index contributed by atoms with van der Waals surface area (Å²) in [6.07, 6.45) is 7.65. The molecule has 0 aromatic heterocycles. The van der Waals surface area contributed by atoms with Crippen molar-refractivity contribution in [2.75, 3.05) is 13.2 Å². The summed E-state index contributed by atoms with van der Waals surface area (Å²) in [4.78, 5) is 0.508. The molecule has 0 saturated carbocycles. The van der Waals surface area contributed by atoms with E-state index in [0.717, 1.165) is 19.1 Å². The van der Waals surface area contributed by atoms with Crippen LogP contribution in [0.2, 0.25) is 0 Å². The van der Waals surface area contributed by atoms with Crippen LogP contribution < -0.4 is 0 Å². The standard InChI is InChI=1S/C16H21BrO/c17-16(13-7-9-18-10-8-13)15-6-5-12-3-1-2-4-14(12)11-15/h5-6,11,13,16H,1-4,7-10H2. The number of hydrogen-bond donors (Lipinski definition) is 0. The van der Waals surface area contributed by atoms with Crippen LogP contribution in [-0.4, -0.2) is 13.2 Å². The summed E-state index contributed by atoms with van der Waals surface area (Å²) in [7, 11) is 0. The normalized spacial score (nSPS) is 22.5. The minimum Gasteiger partial charge on any atom is -0.381 e. The van der Waals surface area contributed by atoms with E-state index in [1.165, 1.54) is 44.1 Å². The molecule has 1 heterocycles. The second-order valence-corrected chi connectivity index (χ2v) is 6.57. The van der Waals surface area contributed by atoms with Gasteiger partial charge in [0, 0.05) is 18.0 Å². The van der Waals surface area contributed by atoms with Crippen molar-refractivity contribution >= 4 is 15.9 Å². The van der Waals surface area contributed by atoms with Crippen LogP contribution in [0.4, 0.5) is 0 Å². The van der Waals surface area contributed by atoms with Crippen molar-refractivity contribution in [2.45, 2.75) is 43.4 Å². The molecule has 0 amide bonds. The molecule has 1 aliphatic carbocycles. The molecule has 0 radical (unpaired) electrons. The Labute approximate surface area is 118 Å². The van der Waals surface area contributed by atoms with E-state index in [0.29, 0.717) is 4.83 Å². The molecule has 0 bridgehead atoms. The van der Waals surface area contributed by atoms with Crippen LogP contribution in [0.15, 0.2) is 18.2 Å². The maximum Gasteiger partial charge on any atom is 0.0469 e. The Kier molecular flexibility index (Phi) is 4.05. The first-order valence-electron chi connectivity index (χ1n) is 7.18. The van der Waals surface area contributed by atoms with Gasteiger partial charge in [-0.15, -0.1) is 0 Å². The highest BCUT2D eigenvalue weighted by Crippen LogP contribution is 2.38. The molecular formula is C16H21BrO. The molecule has 1 atom stereocenters. The van der Waals surface area contributed by atoms with E-state index in [-0.39, 0.29) is 0 Å². The van der Waals surface area contributed by atoms with Crippen LogP contribution in [0.25, 0.3) is 0 Å². The number of fused-ring (bicyclic) bond motifs is 1. The Morgan fingerprint density at radius 2 is 1.78 bits per heavy atom. The lowest BCUT2D eigenvalue weighted by atomic mass is 9.87. The van der Waals surface area contributed by atoms with Crippen LogP contribution in [0.5, 0.6) is 0 Å². The monoisotopic (exact) mass is 308 g/mol. The summed E-state index contributed by atoms with van der Waals surface area (Å²) < 4.78 is 5.46. The van der Waals surface area contributed by atoms with E-state index in [1.54, 1.807) is 11.1 Å². The Bertz CT molecular complexity index is 410. The minimum atomic E-state index is 0.508. The SMILES string of the molecule is BrC(c1ccc2c(c1)CCCC2)C1CCOCC1. The maximum absolute atomic E-state index is 5.46. The number of ether oxygens (including phenoxy) is 1. The molecule has 1 nitrogen and oxygen atoms in total. The first kappa shape index (κ1) is 12.7. The number of rotatable bonds is 2. The summed E-state index contributed by atoms with van der Waals surface area (Å²) >= 11 is 3.92. The molecule has 1 aromatic rings. The summed E-state index contributed by atoms with van der Waals surface area (Å²) in [6, 6.07) is 7.14. The van der Waals surface area contributed by atoms with Gasteiger partial charge in [-0.2, -0.15) is 0 Å². The molecular weight excluding hydrogens is 288 g/mol. The molecule has 98 valence electrons. The molecule has 1 aromatic carbocycles. The first-order valence-corrected chi connectivity index (χ1v) is 8.09. The van der Waals surface area contributed by atoms with Crippen LogP contribution in [0.1, 0.15) is 47.2 Å². The fourth-order valence-corrected chi connectivity index (χ4v) is 4.02. The number of aryl methyl sites for hydroxylation is 2. The zero-order chi connectivity index (χ0) is 12.4. The highest BCUT2D eigenvalue weighted by Gasteiger charge is 2.24. The molecule has 1 fully saturated rings. The van der Waals surface area contributed by atoms with Crippen molar-refractivity contribution < 1.29 is 4.74 Å². The predicted octanol–water partition coefficient (Wildman–Crippen LogP) is 4.43. The Balaban J connectivity index is 1.78. The molecule has 2 aliphatic rings. The Morgan fingerprint density at radius 3 is 2.56 bits per heavy atom. The van der Waals surface area contributed by atoms with Crippen molar-refractivity contribution in [1.82, 2.24) is 0 Å². The Morgan fingerprint density at radius 1 is 1.06 bits per heavy atom. The molecule has 1 saturated heterocycles. The van der Waals surface area contributed by atoms with Crippen molar-refractivity contribution in [2.24, 2.45) is 5.92 Å². The summed E-state index contributed by atoms with van der Waals surface area (Å²) in [6.45, 7) is 1.86. The molecule has 3 rings (SSSR count). The average Bonchev–Trinajstić information content (AvgIpc) is 2.47. The topological polar surface area (TPSA) is 9.23 Å². The third-order valence-electron chi connectivity index (χ3n) is 4.37. The van der Waals surface area contributed by atoms with Crippen LogP contribution in [-0.2, 0) is 17.6 Å². The van der Waals surface area contributed by atoms with Crippen molar-refractivity contribution in [1.29, 1.82) is 0 Å². The van der Waals surface area contributed by atoms with Gasteiger partial charge >= 0.3 is 0 Å². The van der Waals surface area contributed by atoms with E-state index in [4.69, 9.17) is 4.74 Å². The lowest BCUT2D eigenvalue weighted by Crippen LogP contribution is -2.19. The summed E-state index contributed by atoms with van der Waals surface area (Å²) in [5.74, 6) is 0.736. The molecule has 18 heavy (non-hydrogen) atoms. The van der Waals surface area contributed by atoms with Gasteiger partial charge in [0.1, 0.15) is 0 Å². The fraction of sp³-hybridized carbons (Fsp3) is 0.625. The fourth-order valence-electron chi connectivity index (χ4n) is 3.21. The van der Waals surface area contributed by atoms with Gasteiger partial charge in [0.05, 0.1) is 0 Å². The van der Waals surface area contributed by atoms with E-state index in [2.05, 4.69) is 34.1 Å². The number of hydrogen-bond acceptors (Lipinski definition) is 1. The zero-order valence-electron chi connectivity index (χ0n) is 10.8. The molecule has 0 N–H and O–H groups in total. The van der Waals surface area contributed by atoms with Gasteiger partial charge in [0.2, 0.25) is 0 Å². The van der Waals surface area contributed by atoms with Gasteiger partial charge in [0.15, 0.2) is 0 Å². The van der Waals surface area contributed by atoms with Crippen molar-refractivity contribution in [3.63, 3.8) is 0 Å². The maximum atomic E-state index is 5.46. The summed E-state index contributed by atoms with van der Waals surface area (Å²) in [5.41, 5.74) is 4.65.